The van der Waals surface area contributed by atoms with E-state index in [1.807, 2.05) is 0 Å². The molecule has 3 aromatic rings. The van der Waals surface area contributed by atoms with Crippen LogP contribution in [0.1, 0.15) is 5.69 Å². The third-order valence-corrected chi connectivity index (χ3v) is 6.40. The van der Waals surface area contributed by atoms with Gasteiger partial charge >= 0.3 is 0 Å². The minimum Gasteiger partial charge on any atom is -0.495 e. The number of ether oxygens (including phenoxy) is 1. The Morgan fingerprint density at radius 2 is 1.83 bits per heavy atom. The number of hydrogen-bond acceptors (Lipinski definition) is 6. The van der Waals surface area contributed by atoms with Gasteiger partial charge in [-0.05, 0) is 24.3 Å². The van der Waals surface area contributed by atoms with Gasteiger partial charge in [-0.15, -0.1) is 0 Å². The van der Waals surface area contributed by atoms with Crippen LogP contribution in [0.2, 0.25) is 0 Å². The SMILES string of the molecule is COc1ccc(S(=O)(=O)N(C)C)cc1NC(=O)Cc1nn(C)c(=O)c2ccccc12. The third kappa shape index (κ3) is 4.05. The van der Waals surface area contributed by atoms with Crippen molar-refractivity contribution in [2.75, 3.05) is 26.5 Å². The second-order valence-electron chi connectivity index (χ2n) is 6.80. The Hall–Kier alpha value is -3.24. The number of aryl methyl sites for hydroxylation is 1. The molecule has 0 bridgehead atoms. The Kier molecular flexibility index (Phi) is 5.90. The highest BCUT2D eigenvalue weighted by atomic mass is 32.2. The summed E-state index contributed by atoms with van der Waals surface area (Å²) in [7, 11) is 2.11. The molecular weight excluding hydrogens is 408 g/mol. The molecule has 0 radical (unpaired) electrons. The molecular formula is C20H22N4O5S. The Morgan fingerprint density at radius 1 is 1.17 bits per heavy atom. The molecule has 1 amide bonds. The maximum atomic E-state index is 12.7. The Morgan fingerprint density at radius 3 is 2.47 bits per heavy atom. The highest BCUT2D eigenvalue weighted by Gasteiger charge is 2.20. The molecule has 10 heteroatoms. The van der Waals surface area contributed by atoms with E-state index in [0.717, 1.165) is 4.31 Å². The van der Waals surface area contributed by atoms with Crippen molar-refractivity contribution in [1.82, 2.24) is 14.1 Å². The van der Waals surface area contributed by atoms with Crippen LogP contribution in [-0.2, 0) is 28.3 Å². The van der Waals surface area contributed by atoms with Gasteiger partial charge in [0.25, 0.3) is 5.56 Å². The molecule has 0 aliphatic carbocycles. The molecule has 0 aliphatic rings. The Balaban J connectivity index is 1.95. The second kappa shape index (κ2) is 8.25. The number of nitrogens with zero attached hydrogens (tertiary/aromatic N) is 3. The monoisotopic (exact) mass is 430 g/mol. The zero-order valence-electron chi connectivity index (χ0n) is 17.0. The number of anilines is 1. The molecule has 1 heterocycles. The highest BCUT2D eigenvalue weighted by molar-refractivity contribution is 7.89. The lowest BCUT2D eigenvalue weighted by Crippen LogP contribution is -2.24. The number of aromatic nitrogens is 2. The summed E-state index contributed by atoms with van der Waals surface area (Å²) >= 11 is 0. The number of nitrogens with one attached hydrogen (secondary N) is 1. The summed E-state index contributed by atoms with van der Waals surface area (Å²) in [4.78, 5) is 25.0. The van der Waals surface area contributed by atoms with E-state index in [2.05, 4.69) is 10.4 Å². The molecule has 9 nitrogen and oxygen atoms in total. The smallest absolute Gasteiger partial charge is 0.274 e. The molecule has 1 N–H and O–H groups in total. The second-order valence-corrected chi connectivity index (χ2v) is 8.95. The van der Waals surface area contributed by atoms with Crippen molar-refractivity contribution in [2.24, 2.45) is 7.05 Å². The van der Waals surface area contributed by atoms with Crippen LogP contribution < -0.4 is 15.6 Å². The molecule has 158 valence electrons. The Bertz CT molecular complexity index is 1280. The average Bonchev–Trinajstić information content (AvgIpc) is 2.71. The standard InChI is InChI=1S/C20H22N4O5S/c1-23(2)30(27,28)13-9-10-18(29-4)17(11-13)21-19(25)12-16-14-7-5-6-8-15(14)20(26)24(3)22-16/h5-11H,12H2,1-4H3,(H,21,25). The van der Waals surface area contributed by atoms with Crippen LogP contribution in [-0.4, -0.2) is 49.6 Å². The summed E-state index contributed by atoms with van der Waals surface area (Å²) in [5.41, 5.74) is 0.402. The van der Waals surface area contributed by atoms with Crippen molar-refractivity contribution in [3.63, 3.8) is 0 Å². The number of amides is 1. The molecule has 0 saturated carbocycles. The molecule has 3 rings (SSSR count). The first-order chi connectivity index (χ1) is 14.1. The largest absolute Gasteiger partial charge is 0.495 e. The zero-order valence-corrected chi connectivity index (χ0v) is 17.9. The van der Waals surface area contributed by atoms with Gasteiger partial charge in [0.15, 0.2) is 0 Å². The summed E-state index contributed by atoms with van der Waals surface area (Å²) in [5, 5.41) is 7.96. The van der Waals surface area contributed by atoms with Crippen LogP contribution >= 0.6 is 0 Å². The Labute approximate surface area is 173 Å². The fourth-order valence-corrected chi connectivity index (χ4v) is 3.94. The number of hydrogen-bond donors (Lipinski definition) is 1. The normalized spacial score (nSPS) is 11.6. The lowest BCUT2D eigenvalue weighted by molar-refractivity contribution is -0.115. The first kappa shape index (κ1) is 21.5. The van der Waals surface area contributed by atoms with E-state index in [1.54, 1.807) is 24.3 Å². The van der Waals surface area contributed by atoms with Gasteiger partial charge in [-0.1, -0.05) is 18.2 Å². The maximum absolute atomic E-state index is 12.7. The van der Waals surface area contributed by atoms with E-state index < -0.39 is 15.9 Å². The van der Waals surface area contributed by atoms with Gasteiger partial charge < -0.3 is 10.1 Å². The molecule has 1 aromatic heterocycles. The van der Waals surface area contributed by atoms with Gasteiger partial charge in [0.2, 0.25) is 15.9 Å². The van der Waals surface area contributed by atoms with Gasteiger partial charge in [0.05, 0.1) is 35.2 Å². The van der Waals surface area contributed by atoms with Gasteiger partial charge in [-0.3, -0.25) is 9.59 Å². The summed E-state index contributed by atoms with van der Waals surface area (Å²) in [6.07, 6.45) is -0.109. The van der Waals surface area contributed by atoms with E-state index in [0.29, 0.717) is 22.2 Å². The van der Waals surface area contributed by atoms with Crippen molar-refractivity contribution < 1.29 is 17.9 Å². The number of benzene rings is 2. The van der Waals surface area contributed by atoms with Crippen molar-refractivity contribution in [1.29, 1.82) is 0 Å². The first-order valence-corrected chi connectivity index (χ1v) is 10.4. The molecule has 30 heavy (non-hydrogen) atoms. The molecule has 0 atom stereocenters. The fourth-order valence-electron chi connectivity index (χ4n) is 3.01. The number of sulfonamides is 1. The summed E-state index contributed by atoms with van der Waals surface area (Å²) < 4.78 is 32.3. The fraction of sp³-hybridized carbons (Fsp3) is 0.250. The van der Waals surface area contributed by atoms with Crippen LogP contribution in [0.4, 0.5) is 5.69 Å². The number of carbonyl (C=O) groups excluding carboxylic acids is 1. The van der Waals surface area contributed by atoms with Crippen molar-refractivity contribution in [3.8, 4) is 5.75 Å². The van der Waals surface area contributed by atoms with Crippen LogP contribution in [0, 0.1) is 0 Å². The van der Waals surface area contributed by atoms with Gasteiger partial charge in [-0.25, -0.2) is 17.4 Å². The van der Waals surface area contributed by atoms with Crippen LogP contribution in [0.3, 0.4) is 0 Å². The van der Waals surface area contributed by atoms with E-state index >= 15 is 0 Å². The maximum Gasteiger partial charge on any atom is 0.274 e. The van der Waals surface area contributed by atoms with Crippen LogP contribution in [0.25, 0.3) is 10.8 Å². The number of fused-ring (bicyclic) bond motifs is 1. The number of carbonyl (C=O) groups is 1. The van der Waals surface area contributed by atoms with E-state index in [1.165, 1.54) is 51.1 Å². The highest BCUT2D eigenvalue weighted by Crippen LogP contribution is 2.28. The molecule has 0 unspecified atom stereocenters. The zero-order chi connectivity index (χ0) is 22.1. The molecule has 0 saturated heterocycles. The number of methoxy groups -OCH3 is 1. The molecule has 0 spiro atoms. The predicted molar refractivity (Wildman–Crippen MR) is 113 cm³/mol. The lowest BCUT2D eigenvalue weighted by Gasteiger charge is -2.15. The lowest BCUT2D eigenvalue weighted by atomic mass is 10.1. The van der Waals surface area contributed by atoms with Crippen molar-refractivity contribution >= 4 is 32.4 Å². The van der Waals surface area contributed by atoms with Gasteiger partial charge in [0, 0.05) is 26.5 Å². The molecule has 2 aromatic carbocycles. The number of rotatable bonds is 6. The summed E-state index contributed by atoms with van der Waals surface area (Å²) in [5.74, 6) is -0.108. The van der Waals surface area contributed by atoms with Crippen LogP contribution in [0.5, 0.6) is 5.75 Å². The van der Waals surface area contributed by atoms with Crippen molar-refractivity contribution in [2.45, 2.75) is 11.3 Å². The van der Waals surface area contributed by atoms with Gasteiger partial charge in [0.1, 0.15) is 5.75 Å². The van der Waals surface area contributed by atoms with Crippen molar-refractivity contribution in [3.05, 3.63) is 58.5 Å². The minimum atomic E-state index is -3.68. The molecule has 0 aliphatic heterocycles. The topological polar surface area (TPSA) is 111 Å². The quantitative estimate of drug-likeness (QED) is 0.632. The first-order valence-electron chi connectivity index (χ1n) is 9.00. The predicted octanol–water partition coefficient (Wildman–Crippen LogP) is 1.37. The summed E-state index contributed by atoms with van der Waals surface area (Å²) in [6, 6.07) is 11.2. The van der Waals surface area contributed by atoms with E-state index in [9.17, 15) is 18.0 Å². The van der Waals surface area contributed by atoms with Gasteiger partial charge in [-0.2, -0.15) is 5.10 Å². The third-order valence-electron chi connectivity index (χ3n) is 4.58. The average molecular weight is 430 g/mol. The van der Waals surface area contributed by atoms with E-state index in [-0.39, 0.29) is 22.6 Å². The van der Waals surface area contributed by atoms with E-state index in [4.69, 9.17) is 4.74 Å². The molecule has 0 fully saturated rings. The summed E-state index contributed by atoms with van der Waals surface area (Å²) in [6.45, 7) is 0. The minimum absolute atomic E-state index is 0.0225. The van der Waals surface area contributed by atoms with Crippen LogP contribution in [0.15, 0.2) is 52.2 Å².